The molecular formula is C33H53F3N6O3S. The lowest BCUT2D eigenvalue weighted by molar-refractivity contribution is -0.138. The van der Waals surface area contributed by atoms with Crippen LogP contribution in [0.15, 0.2) is 18.3 Å². The van der Waals surface area contributed by atoms with Crippen molar-refractivity contribution in [2.45, 2.75) is 91.3 Å². The molecule has 2 heterocycles. The number of hydrogen-bond acceptors (Lipinski definition) is 7. The van der Waals surface area contributed by atoms with Gasteiger partial charge in [-0.05, 0) is 83.4 Å². The van der Waals surface area contributed by atoms with E-state index in [2.05, 4.69) is 51.1 Å². The Labute approximate surface area is 275 Å². The Morgan fingerprint density at radius 1 is 1.13 bits per heavy atom. The fourth-order valence-electron chi connectivity index (χ4n) is 5.58. The molecule has 2 aliphatic rings. The number of alkyl halides is 3. The van der Waals surface area contributed by atoms with E-state index in [9.17, 15) is 22.2 Å². The van der Waals surface area contributed by atoms with Crippen LogP contribution in [0, 0.1) is 25.7 Å². The molecule has 1 saturated carbocycles. The number of benzene rings is 1. The van der Waals surface area contributed by atoms with Crippen LogP contribution >= 0.6 is 0 Å². The highest BCUT2D eigenvalue weighted by Gasteiger charge is 2.33. The summed E-state index contributed by atoms with van der Waals surface area (Å²) in [4.78, 5) is 22.7. The monoisotopic (exact) mass is 670 g/mol. The van der Waals surface area contributed by atoms with E-state index in [1.807, 2.05) is 0 Å². The zero-order valence-corrected chi connectivity index (χ0v) is 29.5. The van der Waals surface area contributed by atoms with Crippen molar-refractivity contribution in [1.29, 1.82) is 0 Å². The van der Waals surface area contributed by atoms with Crippen LogP contribution in [0.1, 0.15) is 92.4 Å². The SMILES string of the molecule is CCC(C)C1CCCCC1.CNS(C)=O.COc1cc(C(=O)NC2CCN(C)CC2)c(C)cc1Nc1ncc(C(F)(F)F)c(C)n1. The summed E-state index contributed by atoms with van der Waals surface area (Å²) in [7, 11) is 4.33. The highest BCUT2D eigenvalue weighted by molar-refractivity contribution is 7.82. The summed E-state index contributed by atoms with van der Waals surface area (Å²) in [6.07, 6.45) is 8.48. The number of piperidine rings is 1. The van der Waals surface area contributed by atoms with Crippen molar-refractivity contribution in [2.24, 2.45) is 11.8 Å². The van der Waals surface area contributed by atoms with Gasteiger partial charge >= 0.3 is 6.18 Å². The summed E-state index contributed by atoms with van der Waals surface area (Å²) in [6, 6.07) is 3.42. The van der Waals surface area contributed by atoms with E-state index in [1.54, 1.807) is 32.4 Å². The number of likely N-dealkylation sites (tertiary alicyclic amines) is 1. The van der Waals surface area contributed by atoms with Crippen LogP contribution in [0.2, 0.25) is 0 Å². The van der Waals surface area contributed by atoms with Gasteiger partial charge in [-0.25, -0.2) is 18.9 Å². The standard InChI is InChI=1S/C21H26F3N5O2.C10H20.C2H7NOS/c1-12-9-17(28-20-25-11-16(13(2)26-20)21(22,23)24)18(31-4)10-15(12)19(30)27-14-5-7-29(3)8-6-14;1-3-9(2)10-7-5-4-6-8-10;1-3-5(2)4/h9-11,14H,5-8H2,1-4H3,(H,27,30)(H,25,26,28);9-10H,3-8H2,1-2H3;3H,1-2H3. The molecular weight excluding hydrogens is 617 g/mol. The molecule has 9 nitrogen and oxygen atoms in total. The summed E-state index contributed by atoms with van der Waals surface area (Å²) in [5.41, 5.74) is 0.551. The van der Waals surface area contributed by atoms with Crippen LogP contribution < -0.4 is 20.1 Å². The minimum absolute atomic E-state index is 0.00623. The zero-order chi connectivity index (χ0) is 34.4. The van der Waals surface area contributed by atoms with Gasteiger partial charge in [0.2, 0.25) is 5.95 Å². The fourth-order valence-corrected chi connectivity index (χ4v) is 5.58. The van der Waals surface area contributed by atoms with E-state index < -0.39 is 22.7 Å². The molecule has 1 aliphatic carbocycles. The Morgan fingerprint density at radius 2 is 1.74 bits per heavy atom. The number of ether oxygens (including phenoxy) is 1. The van der Waals surface area contributed by atoms with Crippen LogP contribution in [-0.4, -0.2) is 71.6 Å². The third-order valence-corrected chi connectivity index (χ3v) is 9.34. The molecule has 3 N–H and O–H groups in total. The minimum atomic E-state index is -4.51. The second kappa shape index (κ2) is 19.1. The van der Waals surface area contributed by atoms with Crippen LogP contribution in [0.3, 0.4) is 0 Å². The molecule has 1 aromatic carbocycles. The van der Waals surface area contributed by atoms with Crippen LogP contribution in [-0.2, 0) is 17.2 Å². The van der Waals surface area contributed by atoms with Gasteiger partial charge in [0.25, 0.3) is 5.91 Å². The van der Waals surface area contributed by atoms with Crippen molar-refractivity contribution in [3.8, 4) is 5.75 Å². The van der Waals surface area contributed by atoms with Gasteiger partial charge in [-0.1, -0.05) is 52.4 Å². The van der Waals surface area contributed by atoms with Gasteiger partial charge in [0.05, 0.1) is 35.0 Å². The van der Waals surface area contributed by atoms with Crippen molar-refractivity contribution in [3.05, 3.63) is 40.7 Å². The summed E-state index contributed by atoms with van der Waals surface area (Å²) in [6.45, 7) is 9.65. The van der Waals surface area contributed by atoms with E-state index >= 15 is 0 Å². The van der Waals surface area contributed by atoms with Gasteiger partial charge in [-0.3, -0.25) is 4.79 Å². The molecule has 1 aliphatic heterocycles. The predicted octanol–water partition coefficient (Wildman–Crippen LogP) is 6.80. The van der Waals surface area contributed by atoms with Gasteiger partial charge in [-0.15, -0.1) is 0 Å². The highest BCUT2D eigenvalue weighted by Crippen LogP contribution is 2.34. The van der Waals surface area contributed by atoms with Crippen molar-refractivity contribution in [3.63, 3.8) is 0 Å². The Morgan fingerprint density at radius 3 is 2.24 bits per heavy atom. The average Bonchev–Trinajstić information content (AvgIpc) is 3.02. The minimum Gasteiger partial charge on any atom is -0.495 e. The molecule has 0 bridgehead atoms. The third-order valence-electron chi connectivity index (χ3n) is 8.76. The first-order chi connectivity index (χ1) is 21.7. The number of methoxy groups -OCH3 is 1. The van der Waals surface area contributed by atoms with Crippen LogP contribution in [0.5, 0.6) is 5.75 Å². The Kier molecular flexibility index (Phi) is 16.4. The normalized spacial score (nSPS) is 17.5. The Bertz CT molecular complexity index is 1270. The van der Waals surface area contributed by atoms with E-state index in [4.69, 9.17) is 4.74 Å². The lowest BCUT2D eigenvalue weighted by Crippen LogP contribution is -2.43. The van der Waals surface area contributed by atoms with E-state index in [0.717, 1.165) is 44.0 Å². The number of hydrogen-bond donors (Lipinski definition) is 3. The van der Waals surface area contributed by atoms with Crippen molar-refractivity contribution in [2.75, 3.05) is 45.9 Å². The molecule has 0 radical (unpaired) electrons. The molecule has 2 unspecified atom stereocenters. The number of aromatic nitrogens is 2. The number of rotatable bonds is 8. The smallest absolute Gasteiger partial charge is 0.419 e. The molecule has 46 heavy (non-hydrogen) atoms. The quantitative estimate of drug-likeness (QED) is 0.284. The molecule has 0 spiro atoms. The molecule has 1 aromatic heterocycles. The Balaban J connectivity index is 0.000000403. The maximum Gasteiger partial charge on any atom is 0.419 e. The number of nitrogens with zero attached hydrogens (tertiary/aromatic N) is 3. The van der Waals surface area contributed by atoms with Crippen molar-refractivity contribution in [1.82, 2.24) is 24.9 Å². The van der Waals surface area contributed by atoms with E-state index in [-0.39, 0.29) is 23.6 Å². The van der Waals surface area contributed by atoms with E-state index in [0.29, 0.717) is 22.6 Å². The zero-order valence-electron chi connectivity index (χ0n) is 28.6. The van der Waals surface area contributed by atoms with Gasteiger partial charge in [-0.2, -0.15) is 13.2 Å². The third kappa shape index (κ3) is 12.8. The number of anilines is 2. The van der Waals surface area contributed by atoms with Crippen molar-refractivity contribution < 1.29 is 26.9 Å². The predicted molar refractivity (Wildman–Crippen MR) is 180 cm³/mol. The largest absolute Gasteiger partial charge is 0.495 e. The first-order valence-electron chi connectivity index (χ1n) is 16.1. The molecule has 260 valence electrons. The van der Waals surface area contributed by atoms with Gasteiger partial charge in [0, 0.05) is 24.1 Å². The second-order valence-electron chi connectivity index (χ2n) is 12.2. The summed E-state index contributed by atoms with van der Waals surface area (Å²) < 4.78 is 56.5. The number of carbonyl (C=O) groups is 1. The number of carbonyl (C=O) groups excluding carboxylic acids is 1. The van der Waals surface area contributed by atoms with Crippen molar-refractivity contribution >= 4 is 28.5 Å². The average molecular weight is 671 g/mol. The lowest BCUT2D eigenvalue weighted by Gasteiger charge is -2.29. The number of amides is 1. The first kappa shape index (κ1) is 39.4. The lowest BCUT2D eigenvalue weighted by atomic mass is 9.80. The van der Waals surface area contributed by atoms with Crippen LogP contribution in [0.25, 0.3) is 0 Å². The highest BCUT2D eigenvalue weighted by atomic mass is 32.2. The topological polar surface area (TPSA) is 108 Å². The molecule has 2 fully saturated rings. The molecule has 13 heteroatoms. The summed E-state index contributed by atoms with van der Waals surface area (Å²) >= 11 is 0. The van der Waals surface area contributed by atoms with E-state index in [1.165, 1.54) is 52.6 Å². The molecule has 1 saturated heterocycles. The molecule has 2 atom stereocenters. The number of nitrogens with one attached hydrogen (secondary N) is 3. The van der Waals surface area contributed by atoms with Gasteiger partial charge in [0.15, 0.2) is 0 Å². The molecule has 1 amide bonds. The first-order valence-corrected chi connectivity index (χ1v) is 17.6. The van der Waals surface area contributed by atoms with Gasteiger partial charge < -0.3 is 20.3 Å². The van der Waals surface area contributed by atoms with Gasteiger partial charge in [0.1, 0.15) is 5.75 Å². The maximum absolute atomic E-state index is 12.9. The molecule has 2 aromatic rings. The summed E-state index contributed by atoms with van der Waals surface area (Å²) in [5.74, 6) is 2.24. The number of aryl methyl sites for hydroxylation is 2. The molecule has 4 rings (SSSR count). The summed E-state index contributed by atoms with van der Waals surface area (Å²) in [5, 5.41) is 5.96. The fraction of sp³-hybridized carbons (Fsp3) is 0.667. The maximum atomic E-state index is 12.9. The number of halogens is 3. The van der Waals surface area contributed by atoms with Crippen LogP contribution in [0.4, 0.5) is 24.8 Å². The Hall–Kier alpha value is -2.77. The second-order valence-corrected chi connectivity index (χ2v) is 13.5.